The standard InChI is InChI=1S/C18H25N3O3.ClH/c1-24-17(14-6-3-2-4-7-14)18(23)20-10-5-8-15(13-20)21-11-9-19-12-16(21)22;/h2-4,6-7,15,17,19H,5,8-13H2,1H3;1H. The molecule has 7 heteroatoms. The number of amides is 2. The van der Waals surface area contributed by atoms with E-state index in [1.165, 1.54) is 0 Å². The lowest BCUT2D eigenvalue weighted by molar-refractivity contribution is -0.147. The van der Waals surface area contributed by atoms with Gasteiger partial charge in [0.05, 0.1) is 6.54 Å². The Kier molecular flexibility index (Phi) is 7.23. The number of halogens is 1. The molecule has 6 nitrogen and oxygen atoms in total. The van der Waals surface area contributed by atoms with E-state index >= 15 is 0 Å². The first-order chi connectivity index (χ1) is 11.7. The molecule has 0 spiro atoms. The summed E-state index contributed by atoms with van der Waals surface area (Å²) in [7, 11) is 1.57. The first kappa shape index (κ1) is 19.7. The second kappa shape index (κ2) is 9.17. The third-order valence-corrected chi connectivity index (χ3v) is 4.84. The highest BCUT2D eigenvalue weighted by Gasteiger charge is 2.34. The van der Waals surface area contributed by atoms with Crippen LogP contribution in [0.5, 0.6) is 0 Å². The van der Waals surface area contributed by atoms with Crippen LogP contribution in [-0.2, 0) is 14.3 Å². The molecule has 25 heavy (non-hydrogen) atoms. The molecule has 0 radical (unpaired) electrons. The van der Waals surface area contributed by atoms with Gasteiger partial charge in [-0.2, -0.15) is 0 Å². The average molecular weight is 368 g/mol. The maximum absolute atomic E-state index is 12.9. The van der Waals surface area contributed by atoms with E-state index in [0.717, 1.165) is 38.0 Å². The Labute approximate surface area is 154 Å². The number of ether oxygens (including phenoxy) is 1. The second-order valence-corrected chi connectivity index (χ2v) is 6.37. The minimum atomic E-state index is -0.580. The number of nitrogens with one attached hydrogen (secondary N) is 1. The lowest BCUT2D eigenvalue weighted by atomic mass is 10.0. The van der Waals surface area contributed by atoms with Gasteiger partial charge in [-0.25, -0.2) is 0 Å². The summed E-state index contributed by atoms with van der Waals surface area (Å²) in [6.07, 6.45) is 1.29. The van der Waals surface area contributed by atoms with Crippen molar-refractivity contribution in [2.24, 2.45) is 0 Å². The molecule has 2 fully saturated rings. The van der Waals surface area contributed by atoms with Gasteiger partial charge in [0, 0.05) is 39.3 Å². The molecule has 1 aromatic rings. The van der Waals surface area contributed by atoms with Crippen molar-refractivity contribution in [1.82, 2.24) is 15.1 Å². The molecule has 2 aliphatic heterocycles. The summed E-state index contributed by atoms with van der Waals surface area (Å²) in [6.45, 7) is 3.26. The fraction of sp³-hybridized carbons (Fsp3) is 0.556. The fourth-order valence-electron chi connectivity index (χ4n) is 3.59. The van der Waals surface area contributed by atoms with Crippen LogP contribution in [0.4, 0.5) is 0 Å². The molecule has 138 valence electrons. The van der Waals surface area contributed by atoms with Crippen molar-refractivity contribution in [3.05, 3.63) is 35.9 Å². The highest BCUT2D eigenvalue weighted by molar-refractivity contribution is 5.85. The van der Waals surface area contributed by atoms with Crippen molar-refractivity contribution in [3.8, 4) is 0 Å². The molecule has 0 bridgehead atoms. The maximum atomic E-state index is 12.9. The summed E-state index contributed by atoms with van der Waals surface area (Å²) in [5.74, 6) is 0.114. The normalized spacial score (nSPS) is 22.3. The van der Waals surface area contributed by atoms with Gasteiger partial charge in [-0.1, -0.05) is 30.3 Å². The predicted octanol–water partition coefficient (Wildman–Crippen LogP) is 1.22. The van der Waals surface area contributed by atoms with Crippen LogP contribution in [0, 0.1) is 0 Å². The number of carbonyl (C=O) groups is 2. The number of hydrogen-bond acceptors (Lipinski definition) is 4. The van der Waals surface area contributed by atoms with Gasteiger partial charge in [-0.15, -0.1) is 12.4 Å². The molecule has 2 aliphatic rings. The van der Waals surface area contributed by atoms with Gasteiger partial charge in [-0.05, 0) is 18.4 Å². The summed E-state index contributed by atoms with van der Waals surface area (Å²) in [4.78, 5) is 28.8. The van der Waals surface area contributed by atoms with Gasteiger partial charge in [0.15, 0.2) is 6.10 Å². The van der Waals surface area contributed by atoms with Gasteiger partial charge >= 0.3 is 0 Å². The second-order valence-electron chi connectivity index (χ2n) is 6.37. The number of rotatable bonds is 4. The molecule has 0 saturated carbocycles. The summed E-state index contributed by atoms with van der Waals surface area (Å²) in [5, 5.41) is 3.09. The monoisotopic (exact) mass is 367 g/mol. The van der Waals surface area contributed by atoms with Crippen molar-refractivity contribution in [3.63, 3.8) is 0 Å². The molecule has 1 N–H and O–H groups in total. The molecule has 2 saturated heterocycles. The molecule has 2 heterocycles. The van der Waals surface area contributed by atoms with Crippen LogP contribution < -0.4 is 5.32 Å². The molecule has 1 aromatic carbocycles. The lowest BCUT2D eigenvalue weighted by Gasteiger charge is -2.41. The zero-order valence-corrected chi connectivity index (χ0v) is 15.3. The molecular weight excluding hydrogens is 342 g/mol. The quantitative estimate of drug-likeness (QED) is 0.869. The average Bonchev–Trinajstić information content (AvgIpc) is 2.64. The Morgan fingerprint density at radius 3 is 2.72 bits per heavy atom. The third kappa shape index (κ3) is 4.51. The number of hydrogen-bond donors (Lipinski definition) is 1. The van der Waals surface area contributed by atoms with Crippen molar-refractivity contribution >= 4 is 24.2 Å². The van der Waals surface area contributed by atoms with E-state index in [-0.39, 0.29) is 30.3 Å². The molecule has 0 aliphatic carbocycles. The van der Waals surface area contributed by atoms with E-state index < -0.39 is 6.10 Å². The van der Waals surface area contributed by atoms with E-state index in [4.69, 9.17) is 4.74 Å². The summed E-state index contributed by atoms with van der Waals surface area (Å²) < 4.78 is 5.47. The smallest absolute Gasteiger partial charge is 0.256 e. The minimum Gasteiger partial charge on any atom is -0.367 e. The molecular formula is C18H26ClN3O3. The lowest BCUT2D eigenvalue weighted by Crippen LogP contribution is -2.58. The van der Waals surface area contributed by atoms with Gasteiger partial charge in [0.2, 0.25) is 5.91 Å². The summed E-state index contributed by atoms with van der Waals surface area (Å²) in [6, 6.07) is 9.68. The number of likely N-dealkylation sites (tertiary alicyclic amines) is 1. The van der Waals surface area contributed by atoms with Crippen LogP contribution in [-0.4, -0.2) is 67.5 Å². The van der Waals surface area contributed by atoms with E-state index in [2.05, 4.69) is 5.32 Å². The van der Waals surface area contributed by atoms with Gasteiger partial charge in [-0.3, -0.25) is 9.59 Å². The van der Waals surface area contributed by atoms with Gasteiger partial charge < -0.3 is 19.9 Å². The first-order valence-electron chi connectivity index (χ1n) is 8.57. The molecule has 2 unspecified atom stereocenters. The zero-order chi connectivity index (χ0) is 16.9. The predicted molar refractivity (Wildman–Crippen MR) is 97.6 cm³/mol. The molecule has 0 aromatic heterocycles. The largest absolute Gasteiger partial charge is 0.367 e. The van der Waals surface area contributed by atoms with Crippen LogP contribution >= 0.6 is 12.4 Å². The first-order valence-corrected chi connectivity index (χ1v) is 8.57. The van der Waals surface area contributed by atoms with Crippen LogP contribution in [0.15, 0.2) is 30.3 Å². The fourth-order valence-corrected chi connectivity index (χ4v) is 3.59. The van der Waals surface area contributed by atoms with Crippen LogP contribution in [0.1, 0.15) is 24.5 Å². The highest BCUT2D eigenvalue weighted by atomic mass is 35.5. The molecule has 3 rings (SSSR count). The van der Waals surface area contributed by atoms with Crippen LogP contribution in [0.3, 0.4) is 0 Å². The Bertz CT molecular complexity index is 584. The van der Waals surface area contributed by atoms with Crippen molar-refractivity contribution in [2.45, 2.75) is 25.0 Å². The van der Waals surface area contributed by atoms with E-state index in [1.807, 2.05) is 40.1 Å². The van der Waals surface area contributed by atoms with Crippen molar-refractivity contribution in [1.29, 1.82) is 0 Å². The van der Waals surface area contributed by atoms with Crippen molar-refractivity contribution < 1.29 is 14.3 Å². The number of methoxy groups -OCH3 is 1. The highest BCUT2D eigenvalue weighted by Crippen LogP contribution is 2.23. The number of benzene rings is 1. The SMILES string of the molecule is COC(C(=O)N1CCCC(N2CCNCC2=O)C1)c1ccccc1.Cl. The Balaban J connectivity index is 0.00000225. The van der Waals surface area contributed by atoms with Gasteiger partial charge in [0.25, 0.3) is 5.91 Å². The molecule has 2 amide bonds. The molecule has 2 atom stereocenters. The summed E-state index contributed by atoms with van der Waals surface area (Å²) in [5.41, 5.74) is 0.866. The van der Waals surface area contributed by atoms with E-state index in [1.54, 1.807) is 7.11 Å². The van der Waals surface area contributed by atoms with Crippen LogP contribution in [0.25, 0.3) is 0 Å². The van der Waals surface area contributed by atoms with E-state index in [9.17, 15) is 9.59 Å². The van der Waals surface area contributed by atoms with E-state index in [0.29, 0.717) is 13.1 Å². The Hall–Kier alpha value is -1.63. The maximum Gasteiger partial charge on any atom is 0.256 e. The number of piperazine rings is 1. The Morgan fingerprint density at radius 1 is 1.28 bits per heavy atom. The van der Waals surface area contributed by atoms with Crippen molar-refractivity contribution in [2.75, 3.05) is 39.8 Å². The summed E-state index contributed by atoms with van der Waals surface area (Å²) >= 11 is 0. The third-order valence-electron chi connectivity index (χ3n) is 4.84. The Morgan fingerprint density at radius 2 is 2.04 bits per heavy atom. The zero-order valence-electron chi connectivity index (χ0n) is 14.5. The minimum absolute atomic E-state index is 0. The number of nitrogens with zero attached hydrogens (tertiary/aromatic N) is 2. The van der Waals surface area contributed by atoms with Gasteiger partial charge in [0.1, 0.15) is 0 Å². The topological polar surface area (TPSA) is 61.9 Å². The number of carbonyl (C=O) groups excluding carboxylic acids is 2. The van der Waals surface area contributed by atoms with Crippen LogP contribution in [0.2, 0.25) is 0 Å². The number of piperidine rings is 1.